The van der Waals surface area contributed by atoms with Crippen LogP contribution in [-0.4, -0.2) is 26.6 Å². The zero-order chi connectivity index (χ0) is 17.0. The second kappa shape index (κ2) is 7.51. The van der Waals surface area contributed by atoms with Gasteiger partial charge in [0.25, 0.3) is 8.32 Å². The third-order valence-electron chi connectivity index (χ3n) is 4.64. The fraction of sp³-hybridized carbons (Fsp3) is 0.667. The van der Waals surface area contributed by atoms with Crippen molar-refractivity contribution in [3.8, 4) is 11.5 Å². The van der Waals surface area contributed by atoms with E-state index in [9.17, 15) is 5.11 Å². The summed E-state index contributed by atoms with van der Waals surface area (Å²) >= 11 is 0. The minimum Gasteiger partial charge on any atom is -0.541 e. The van der Waals surface area contributed by atoms with E-state index in [-0.39, 0.29) is 11.1 Å². The lowest BCUT2D eigenvalue weighted by Gasteiger charge is -2.36. The van der Waals surface area contributed by atoms with Gasteiger partial charge in [0, 0.05) is 0 Å². The Morgan fingerprint density at radius 3 is 2.32 bits per heavy atom. The van der Waals surface area contributed by atoms with Gasteiger partial charge in [0.05, 0.1) is 13.2 Å². The third kappa shape index (κ3) is 5.02. The molecule has 4 heteroatoms. The first-order chi connectivity index (χ1) is 10.1. The first-order valence-corrected chi connectivity index (χ1v) is 11.1. The Bertz CT molecular complexity index is 478. The number of aliphatic hydroxyl groups excluding tert-OH is 1. The molecule has 0 amide bonds. The Morgan fingerprint density at radius 2 is 1.82 bits per heavy atom. The molecular formula is C18H32O3Si. The van der Waals surface area contributed by atoms with Crippen molar-refractivity contribution in [3.63, 3.8) is 0 Å². The summed E-state index contributed by atoms with van der Waals surface area (Å²) in [6, 6.07) is 6.12. The van der Waals surface area contributed by atoms with Crippen molar-refractivity contribution >= 4 is 8.32 Å². The van der Waals surface area contributed by atoms with Crippen molar-refractivity contribution in [1.82, 2.24) is 0 Å². The molecule has 1 N–H and O–H groups in total. The lowest BCUT2D eigenvalue weighted by molar-refractivity contribution is 0.160. The fourth-order valence-electron chi connectivity index (χ4n) is 1.92. The van der Waals surface area contributed by atoms with Gasteiger partial charge < -0.3 is 14.3 Å². The van der Waals surface area contributed by atoms with Crippen molar-refractivity contribution in [1.29, 1.82) is 0 Å². The van der Waals surface area contributed by atoms with Crippen molar-refractivity contribution in [3.05, 3.63) is 23.8 Å². The molecule has 0 bridgehead atoms. The third-order valence-corrected chi connectivity index (χ3v) is 8.98. The van der Waals surface area contributed by atoms with Gasteiger partial charge in [-0.15, -0.1) is 0 Å². The van der Waals surface area contributed by atoms with Gasteiger partial charge in [-0.1, -0.05) is 33.8 Å². The number of rotatable bonds is 7. The van der Waals surface area contributed by atoms with Crippen LogP contribution in [0.5, 0.6) is 11.5 Å². The standard InChI is InChI=1S/C18H32O3Si/c1-8-15(19)11-9-14-10-12-16(17(13-14)20-5)21-22(6,7)18(2,3)4/h10,12-13,15,19H,8-9,11H2,1-7H3. The molecule has 1 rings (SSSR count). The van der Waals surface area contributed by atoms with Crippen LogP contribution in [0.3, 0.4) is 0 Å². The number of hydrogen-bond donors (Lipinski definition) is 1. The van der Waals surface area contributed by atoms with Crippen LogP contribution in [0.1, 0.15) is 46.1 Å². The summed E-state index contributed by atoms with van der Waals surface area (Å²) in [5.41, 5.74) is 1.17. The van der Waals surface area contributed by atoms with Crippen molar-refractivity contribution in [2.45, 2.75) is 71.2 Å². The lowest BCUT2D eigenvalue weighted by Crippen LogP contribution is -2.43. The predicted molar refractivity (Wildman–Crippen MR) is 95.4 cm³/mol. The summed E-state index contributed by atoms with van der Waals surface area (Å²) in [4.78, 5) is 0. The molecule has 0 aliphatic carbocycles. The molecule has 0 aliphatic heterocycles. The van der Waals surface area contributed by atoms with E-state index in [4.69, 9.17) is 9.16 Å². The van der Waals surface area contributed by atoms with Gasteiger partial charge in [-0.05, 0) is 55.1 Å². The zero-order valence-electron chi connectivity index (χ0n) is 15.2. The molecule has 126 valence electrons. The lowest BCUT2D eigenvalue weighted by atomic mass is 10.1. The van der Waals surface area contributed by atoms with E-state index < -0.39 is 8.32 Å². The van der Waals surface area contributed by atoms with Crippen molar-refractivity contribution in [2.24, 2.45) is 0 Å². The van der Waals surface area contributed by atoms with Crippen LogP contribution < -0.4 is 9.16 Å². The van der Waals surface area contributed by atoms with Gasteiger partial charge in [-0.3, -0.25) is 0 Å². The van der Waals surface area contributed by atoms with Crippen LogP contribution in [0.25, 0.3) is 0 Å². The summed E-state index contributed by atoms with van der Waals surface area (Å²) in [5.74, 6) is 1.61. The molecule has 22 heavy (non-hydrogen) atoms. The van der Waals surface area contributed by atoms with Crippen LogP contribution in [0.15, 0.2) is 18.2 Å². The highest BCUT2D eigenvalue weighted by Crippen LogP contribution is 2.40. The summed E-state index contributed by atoms with van der Waals surface area (Å²) < 4.78 is 11.9. The Kier molecular flexibility index (Phi) is 6.50. The molecule has 0 aromatic heterocycles. The van der Waals surface area contributed by atoms with Gasteiger partial charge in [-0.25, -0.2) is 0 Å². The van der Waals surface area contributed by atoms with Gasteiger partial charge in [-0.2, -0.15) is 0 Å². The highest BCUT2D eigenvalue weighted by molar-refractivity contribution is 6.74. The molecule has 0 heterocycles. The molecule has 0 saturated carbocycles. The quantitative estimate of drug-likeness (QED) is 0.733. The van der Waals surface area contributed by atoms with Gasteiger partial charge >= 0.3 is 0 Å². The van der Waals surface area contributed by atoms with E-state index in [2.05, 4.69) is 39.9 Å². The molecular weight excluding hydrogens is 292 g/mol. The first-order valence-electron chi connectivity index (χ1n) is 8.14. The highest BCUT2D eigenvalue weighted by atomic mass is 28.4. The maximum absolute atomic E-state index is 9.69. The maximum Gasteiger partial charge on any atom is 0.250 e. The Labute approximate surface area is 136 Å². The number of ether oxygens (including phenoxy) is 1. The average Bonchev–Trinajstić information content (AvgIpc) is 2.44. The normalized spacial score (nSPS) is 13.8. The average molecular weight is 325 g/mol. The number of hydrogen-bond acceptors (Lipinski definition) is 3. The number of aliphatic hydroxyl groups is 1. The first kappa shape index (κ1) is 19.0. The van der Waals surface area contributed by atoms with Gasteiger partial charge in [0.1, 0.15) is 5.75 Å². The SMILES string of the molecule is CCC(O)CCc1ccc(O[Si](C)(C)C(C)(C)C)c(OC)c1. The second-order valence-electron chi connectivity index (χ2n) is 7.45. The van der Waals surface area contributed by atoms with Crippen LogP contribution >= 0.6 is 0 Å². The van der Waals surface area contributed by atoms with E-state index in [0.29, 0.717) is 0 Å². The summed E-state index contributed by atoms with van der Waals surface area (Å²) in [5, 5.41) is 9.85. The van der Waals surface area contributed by atoms with Crippen molar-refractivity contribution < 1.29 is 14.3 Å². The second-order valence-corrected chi connectivity index (χ2v) is 12.2. The largest absolute Gasteiger partial charge is 0.541 e. The van der Waals surface area contributed by atoms with E-state index in [1.54, 1.807) is 7.11 Å². The Hall–Kier alpha value is -1.00. The molecule has 0 saturated heterocycles. The summed E-state index contributed by atoms with van der Waals surface area (Å²) in [7, 11) is -0.194. The molecule has 0 aliphatic rings. The van der Waals surface area contributed by atoms with Crippen LogP contribution in [0.2, 0.25) is 18.1 Å². The van der Waals surface area contributed by atoms with Crippen LogP contribution in [0, 0.1) is 0 Å². The van der Waals surface area contributed by atoms with E-state index in [0.717, 1.165) is 30.8 Å². The molecule has 0 spiro atoms. The van der Waals surface area contributed by atoms with E-state index in [1.807, 2.05) is 19.1 Å². The van der Waals surface area contributed by atoms with E-state index >= 15 is 0 Å². The van der Waals surface area contributed by atoms with Gasteiger partial charge in [0.15, 0.2) is 5.75 Å². The topological polar surface area (TPSA) is 38.7 Å². The smallest absolute Gasteiger partial charge is 0.250 e. The van der Waals surface area contributed by atoms with Crippen molar-refractivity contribution in [2.75, 3.05) is 7.11 Å². The molecule has 1 atom stereocenters. The molecule has 0 radical (unpaired) electrons. The van der Waals surface area contributed by atoms with Gasteiger partial charge in [0.2, 0.25) is 0 Å². The minimum absolute atomic E-state index is 0.155. The zero-order valence-corrected chi connectivity index (χ0v) is 16.2. The Balaban J connectivity index is 2.90. The number of aryl methyl sites for hydroxylation is 1. The highest BCUT2D eigenvalue weighted by Gasteiger charge is 2.39. The van der Waals surface area contributed by atoms with E-state index in [1.165, 1.54) is 5.56 Å². The molecule has 1 aromatic carbocycles. The molecule has 0 fully saturated rings. The fourth-order valence-corrected chi connectivity index (χ4v) is 2.94. The summed E-state index contributed by atoms with van der Waals surface area (Å²) in [6.07, 6.45) is 2.20. The number of benzene rings is 1. The maximum atomic E-state index is 9.69. The predicted octanol–water partition coefficient (Wildman–Crippen LogP) is 4.78. The summed E-state index contributed by atoms with van der Waals surface area (Å²) in [6.45, 7) is 13.2. The number of methoxy groups -OCH3 is 1. The monoisotopic (exact) mass is 324 g/mol. The minimum atomic E-state index is -1.87. The van der Waals surface area contributed by atoms with Crippen LogP contribution in [-0.2, 0) is 6.42 Å². The molecule has 1 aromatic rings. The van der Waals surface area contributed by atoms with Crippen LogP contribution in [0.4, 0.5) is 0 Å². The molecule has 3 nitrogen and oxygen atoms in total. The molecule has 1 unspecified atom stereocenters. The Morgan fingerprint density at radius 1 is 1.18 bits per heavy atom.